The van der Waals surface area contributed by atoms with E-state index in [1.165, 1.54) is 24.3 Å². The van der Waals surface area contributed by atoms with E-state index in [2.05, 4.69) is 0 Å². The van der Waals surface area contributed by atoms with Gasteiger partial charge < -0.3 is 5.73 Å². The van der Waals surface area contributed by atoms with Gasteiger partial charge in [0.05, 0.1) is 12.5 Å². The maximum Gasteiger partial charge on any atom is 0.446 e. The van der Waals surface area contributed by atoms with Crippen LogP contribution in [-0.4, -0.2) is 5.51 Å². The summed E-state index contributed by atoms with van der Waals surface area (Å²) in [4.78, 5) is 0.111. The largest absolute Gasteiger partial charge is 0.446 e. The second-order valence-corrected chi connectivity index (χ2v) is 4.22. The predicted molar refractivity (Wildman–Crippen MR) is 55.5 cm³/mol. The highest BCUT2D eigenvalue weighted by Gasteiger charge is 2.29. The third-order valence-corrected chi connectivity index (χ3v) is 2.59. The van der Waals surface area contributed by atoms with Gasteiger partial charge in [-0.3, -0.25) is 0 Å². The number of nitrogens with zero attached hydrogens (tertiary/aromatic N) is 1. The van der Waals surface area contributed by atoms with Crippen LogP contribution in [0.15, 0.2) is 29.2 Å². The first-order valence-electron chi connectivity index (χ1n) is 4.40. The van der Waals surface area contributed by atoms with Gasteiger partial charge in [0, 0.05) is 10.9 Å². The van der Waals surface area contributed by atoms with Crippen molar-refractivity contribution in [2.45, 2.75) is 22.9 Å². The second kappa shape index (κ2) is 5.23. The number of nitrogens with two attached hydrogens (primary N) is 1. The molecule has 2 nitrogen and oxygen atoms in total. The fourth-order valence-corrected chi connectivity index (χ4v) is 1.67. The highest BCUT2D eigenvalue weighted by atomic mass is 32.2. The molecule has 0 spiro atoms. The summed E-state index contributed by atoms with van der Waals surface area (Å²) in [6.07, 6.45) is 0.145. The molecule has 16 heavy (non-hydrogen) atoms. The van der Waals surface area contributed by atoms with Crippen molar-refractivity contribution < 1.29 is 13.2 Å². The molecule has 0 aliphatic heterocycles. The van der Waals surface area contributed by atoms with E-state index in [4.69, 9.17) is 11.0 Å². The minimum atomic E-state index is -4.28. The lowest BCUT2D eigenvalue weighted by Gasteiger charge is -2.09. The van der Waals surface area contributed by atoms with Crippen LogP contribution in [0.3, 0.4) is 0 Å². The number of rotatable bonds is 3. The van der Waals surface area contributed by atoms with E-state index in [0.717, 1.165) is 0 Å². The summed E-state index contributed by atoms with van der Waals surface area (Å²) in [5, 5.41) is 8.42. The van der Waals surface area contributed by atoms with Gasteiger partial charge in [-0.05, 0) is 29.5 Å². The van der Waals surface area contributed by atoms with Gasteiger partial charge in [-0.1, -0.05) is 12.1 Å². The average Bonchev–Trinajstić information content (AvgIpc) is 2.16. The van der Waals surface area contributed by atoms with Crippen LogP contribution in [0, 0.1) is 11.3 Å². The number of thioether (sulfide) groups is 1. The van der Waals surface area contributed by atoms with Gasteiger partial charge in [0.25, 0.3) is 0 Å². The first-order chi connectivity index (χ1) is 7.42. The highest BCUT2D eigenvalue weighted by molar-refractivity contribution is 8.00. The molecule has 1 atom stereocenters. The standard InChI is InChI=1S/C10H9F3N2S/c11-10(12,13)16-8-3-1-7(2-4-8)9(15)5-6-14/h1-4,9H,5,15H2/t9-/m1/s1. The van der Waals surface area contributed by atoms with Crippen LogP contribution in [0.1, 0.15) is 18.0 Å². The minimum absolute atomic E-state index is 0.111. The van der Waals surface area contributed by atoms with Gasteiger partial charge in [0.2, 0.25) is 0 Å². The third-order valence-electron chi connectivity index (χ3n) is 1.85. The zero-order chi connectivity index (χ0) is 12.2. The Labute approximate surface area is 95.2 Å². The summed E-state index contributed by atoms with van der Waals surface area (Å²) in [5.41, 5.74) is 2.01. The molecule has 0 fully saturated rings. The molecule has 0 saturated heterocycles. The summed E-state index contributed by atoms with van der Waals surface area (Å²) in [6.45, 7) is 0. The molecule has 6 heteroatoms. The normalized spacial score (nSPS) is 13.2. The van der Waals surface area contributed by atoms with Crippen LogP contribution in [0.25, 0.3) is 0 Å². The lowest BCUT2D eigenvalue weighted by molar-refractivity contribution is -0.0328. The Balaban J connectivity index is 2.72. The lowest BCUT2D eigenvalue weighted by Crippen LogP contribution is -2.09. The average molecular weight is 246 g/mol. The van der Waals surface area contributed by atoms with Crippen molar-refractivity contribution in [1.82, 2.24) is 0 Å². The van der Waals surface area contributed by atoms with Crippen molar-refractivity contribution in [1.29, 1.82) is 5.26 Å². The van der Waals surface area contributed by atoms with Gasteiger partial charge in [-0.15, -0.1) is 0 Å². The number of hydrogen-bond acceptors (Lipinski definition) is 3. The molecule has 0 heterocycles. The quantitative estimate of drug-likeness (QED) is 0.833. The molecule has 0 aromatic heterocycles. The maximum absolute atomic E-state index is 12.0. The molecule has 0 unspecified atom stereocenters. The Morgan fingerprint density at radius 1 is 1.31 bits per heavy atom. The van der Waals surface area contributed by atoms with Crippen molar-refractivity contribution in [3.05, 3.63) is 29.8 Å². The number of hydrogen-bond donors (Lipinski definition) is 1. The Hall–Kier alpha value is -1.19. The van der Waals surface area contributed by atoms with Gasteiger partial charge in [0.15, 0.2) is 0 Å². The zero-order valence-corrected chi connectivity index (χ0v) is 8.98. The van der Waals surface area contributed by atoms with Crippen LogP contribution < -0.4 is 5.73 Å². The number of halogens is 3. The summed E-state index contributed by atoms with van der Waals surface area (Å²) >= 11 is -0.171. The molecule has 1 aromatic carbocycles. The lowest BCUT2D eigenvalue weighted by atomic mass is 10.1. The van der Waals surface area contributed by atoms with E-state index >= 15 is 0 Å². The van der Waals surface area contributed by atoms with Crippen LogP contribution in [0.5, 0.6) is 0 Å². The zero-order valence-electron chi connectivity index (χ0n) is 8.16. The topological polar surface area (TPSA) is 49.8 Å². The molecule has 0 amide bonds. The summed E-state index contributed by atoms with van der Waals surface area (Å²) in [6, 6.07) is 7.18. The van der Waals surface area contributed by atoms with E-state index in [0.29, 0.717) is 5.56 Å². The van der Waals surface area contributed by atoms with E-state index in [9.17, 15) is 13.2 Å². The first-order valence-corrected chi connectivity index (χ1v) is 5.22. The molecule has 0 aliphatic rings. The van der Waals surface area contributed by atoms with E-state index in [-0.39, 0.29) is 23.1 Å². The van der Waals surface area contributed by atoms with Crippen LogP contribution in [0.2, 0.25) is 0 Å². The Kier molecular flexibility index (Phi) is 4.21. The fourth-order valence-electron chi connectivity index (χ4n) is 1.13. The molecular weight excluding hydrogens is 237 g/mol. The molecule has 0 aliphatic carbocycles. The molecule has 2 N–H and O–H groups in total. The number of nitriles is 1. The van der Waals surface area contributed by atoms with Crippen molar-refractivity contribution in [2.24, 2.45) is 5.73 Å². The van der Waals surface area contributed by atoms with E-state index < -0.39 is 11.6 Å². The Morgan fingerprint density at radius 2 is 1.88 bits per heavy atom. The molecule has 0 saturated carbocycles. The monoisotopic (exact) mass is 246 g/mol. The smallest absolute Gasteiger partial charge is 0.323 e. The summed E-state index contributed by atoms with van der Waals surface area (Å²) in [5.74, 6) is 0. The van der Waals surface area contributed by atoms with Gasteiger partial charge in [0.1, 0.15) is 0 Å². The molecular formula is C10H9F3N2S. The van der Waals surface area contributed by atoms with Crippen molar-refractivity contribution in [2.75, 3.05) is 0 Å². The van der Waals surface area contributed by atoms with Gasteiger partial charge in [-0.2, -0.15) is 18.4 Å². The Morgan fingerprint density at radius 3 is 2.31 bits per heavy atom. The maximum atomic E-state index is 12.0. The first kappa shape index (κ1) is 12.9. The molecule has 0 bridgehead atoms. The van der Waals surface area contributed by atoms with E-state index in [1.54, 1.807) is 0 Å². The number of benzene rings is 1. The minimum Gasteiger partial charge on any atom is -0.323 e. The second-order valence-electron chi connectivity index (χ2n) is 3.09. The van der Waals surface area contributed by atoms with Crippen molar-refractivity contribution in [3.63, 3.8) is 0 Å². The van der Waals surface area contributed by atoms with E-state index in [1.807, 2.05) is 6.07 Å². The highest BCUT2D eigenvalue weighted by Crippen LogP contribution is 2.36. The fraction of sp³-hybridized carbons (Fsp3) is 0.300. The van der Waals surface area contributed by atoms with Crippen LogP contribution >= 0.6 is 11.8 Å². The summed E-state index contributed by atoms with van der Waals surface area (Å²) < 4.78 is 36.0. The molecule has 0 radical (unpaired) electrons. The van der Waals surface area contributed by atoms with Gasteiger partial charge >= 0.3 is 5.51 Å². The number of alkyl halides is 3. The van der Waals surface area contributed by atoms with Crippen molar-refractivity contribution in [3.8, 4) is 6.07 Å². The summed E-state index contributed by atoms with van der Waals surface area (Å²) in [7, 11) is 0. The van der Waals surface area contributed by atoms with Crippen LogP contribution in [-0.2, 0) is 0 Å². The molecule has 1 aromatic rings. The predicted octanol–water partition coefficient (Wildman–Crippen LogP) is 3.21. The third kappa shape index (κ3) is 4.13. The van der Waals surface area contributed by atoms with Gasteiger partial charge in [-0.25, -0.2) is 0 Å². The SMILES string of the molecule is N#CC[C@@H](N)c1ccc(SC(F)(F)F)cc1. The van der Waals surface area contributed by atoms with Crippen LogP contribution in [0.4, 0.5) is 13.2 Å². The molecule has 86 valence electrons. The Bertz CT molecular complexity index is 381. The van der Waals surface area contributed by atoms with Crippen molar-refractivity contribution >= 4 is 11.8 Å². The molecule has 1 rings (SSSR count).